The molecule has 0 aliphatic rings. The SMILES string of the molecule is CC=CSC[C@H](NC(=O)CC[C@H](NS)C(=O)O)C(=O)NCC(=O)O. The Kier molecular flexibility index (Phi) is 11.8. The van der Waals surface area contributed by atoms with Crippen LogP contribution in [0.2, 0.25) is 0 Å². The molecule has 11 heteroatoms. The Hall–Kier alpha value is -1.72. The third-order valence-electron chi connectivity index (χ3n) is 2.67. The summed E-state index contributed by atoms with van der Waals surface area (Å²) in [6, 6.07) is -1.92. The standard InChI is InChI=1S/C13H21N3O6S2/c1-2-5-24-7-9(12(20)14-6-11(18)19)15-10(17)4-3-8(16-23)13(21)22/h2,5,8-9,16,23H,3-4,6-7H2,1H3,(H,14,20)(H,15,17)(H,18,19)(H,21,22)/t8-,9-/m0/s1. The van der Waals surface area contributed by atoms with Crippen molar-refractivity contribution >= 4 is 48.3 Å². The first-order chi connectivity index (χ1) is 11.3. The minimum absolute atomic E-state index is 0.00383. The Bertz CT molecular complexity index is 486. The summed E-state index contributed by atoms with van der Waals surface area (Å²) < 4.78 is 2.26. The third-order valence-corrected chi connectivity index (χ3v) is 3.98. The maximum atomic E-state index is 11.9. The number of carbonyl (C=O) groups is 4. The van der Waals surface area contributed by atoms with E-state index in [1.54, 1.807) is 18.4 Å². The zero-order valence-corrected chi connectivity index (χ0v) is 14.7. The molecule has 0 saturated carbocycles. The van der Waals surface area contributed by atoms with Crippen LogP contribution in [0.5, 0.6) is 0 Å². The molecule has 0 rings (SSSR count). The fraction of sp³-hybridized carbons (Fsp3) is 0.538. The van der Waals surface area contributed by atoms with E-state index in [2.05, 4.69) is 28.2 Å². The molecule has 24 heavy (non-hydrogen) atoms. The monoisotopic (exact) mass is 379 g/mol. The van der Waals surface area contributed by atoms with Gasteiger partial charge in [-0.05, 0) is 18.8 Å². The van der Waals surface area contributed by atoms with Gasteiger partial charge in [0.15, 0.2) is 0 Å². The Balaban J connectivity index is 4.60. The van der Waals surface area contributed by atoms with Gasteiger partial charge in [-0.1, -0.05) is 18.9 Å². The minimum atomic E-state index is -1.20. The number of hydrogen-bond donors (Lipinski definition) is 6. The van der Waals surface area contributed by atoms with Crippen molar-refractivity contribution in [3.63, 3.8) is 0 Å². The molecule has 0 fully saturated rings. The molecule has 0 aromatic heterocycles. The summed E-state index contributed by atoms with van der Waals surface area (Å²) in [4.78, 5) is 45.1. The van der Waals surface area contributed by atoms with Gasteiger partial charge in [-0.2, -0.15) is 0 Å². The maximum absolute atomic E-state index is 11.9. The Morgan fingerprint density at radius 2 is 1.88 bits per heavy atom. The molecule has 2 atom stereocenters. The van der Waals surface area contributed by atoms with Crippen LogP contribution >= 0.6 is 24.6 Å². The molecule has 0 aliphatic carbocycles. The van der Waals surface area contributed by atoms with Crippen LogP contribution in [0, 0.1) is 0 Å². The quantitative estimate of drug-likeness (QED) is 0.251. The highest BCUT2D eigenvalue weighted by atomic mass is 32.2. The van der Waals surface area contributed by atoms with E-state index in [9.17, 15) is 19.2 Å². The number of thiol groups is 1. The molecule has 2 amide bonds. The maximum Gasteiger partial charge on any atom is 0.322 e. The minimum Gasteiger partial charge on any atom is -0.480 e. The van der Waals surface area contributed by atoms with Crippen molar-refractivity contribution in [1.82, 2.24) is 15.4 Å². The van der Waals surface area contributed by atoms with Gasteiger partial charge in [0.05, 0.1) is 0 Å². The molecule has 0 unspecified atom stereocenters. The predicted octanol–water partition coefficient (Wildman–Crippen LogP) is -0.393. The van der Waals surface area contributed by atoms with E-state index >= 15 is 0 Å². The predicted molar refractivity (Wildman–Crippen MR) is 92.6 cm³/mol. The van der Waals surface area contributed by atoms with E-state index in [0.29, 0.717) is 0 Å². The number of thioether (sulfide) groups is 1. The second-order valence-electron chi connectivity index (χ2n) is 4.59. The van der Waals surface area contributed by atoms with Gasteiger partial charge >= 0.3 is 11.9 Å². The third kappa shape index (κ3) is 10.1. The highest BCUT2D eigenvalue weighted by Gasteiger charge is 2.22. The molecule has 9 nitrogen and oxygen atoms in total. The van der Waals surface area contributed by atoms with Gasteiger partial charge in [0.25, 0.3) is 0 Å². The van der Waals surface area contributed by atoms with E-state index in [-0.39, 0.29) is 18.6 Å². The molecule has 136 valence electrons. The molecular formula is C13H21N3O6S2. The van der Waals surface area contributed by atoms with Crippen LogP contribution < -0.4 is 15.4 Å². The number of hydrogen-bond acceptors (Lipinski definition) is 7. The zero-order valence-electron chi connectivity index (χ0n) is 13.0. The van der Waals surface area contributed by atoms with Gasteiger partial charge in [0.1, 0.15) is 18.6 Å². The van der Waals surface area contributed by atoms with Crippen LogP contribution in [0.25, 0.3) is 0 Å². The summed E-state index contributed by atoms with van der Waals surface area (Å²) in [5.74, 6) is -3.25. The first-order valence-corrected chi connectivity index (χ1v) is 8.45. The number of carboxylic acid groups (broad SMARTS) is 2. The second-order valence-corrected chi connectivity index (χ2v) is 5.79. The molecule has 0 aromatic carbocycles. The van der Waals surface area contributed by atoms with Crippen molar-refractivity contribution in [3.8, 4) is 0 Å². The summed E-state index contributed by atoms with van der Waals surface area (Å²) in [5, 5.41) is 23.8. The van der Waals surface area contributed by atoms with Crippen molar-refractivity contribution in [3.05, 3.63) is 11.5 Å². The molecule has 0 aliphatic heterocycles. The summed E-state index contributed by atoms with van der Waals surface area (Å²) in [7, 11) is 0. The largest absolute Gasteiger partial charge is 0.480 e. The van der Waals surface area contributed by atoms with Gasteiger partial charge in [-0.15, -0.1) is 11.8 Å². The zero-order chi connectivity index (χ0) is 18.5. The number of carboxylic acids is 2. The van der Waals surface area contributed by atoms with E-state index in [4.69, 9.17) is 10.2 Å². The van der Waals surface area contributed by atoms with Crippen molar-refractivity contribution in [2.75, 3.05) is 12.3 Å². The lowest BCUT2D eigenvalue weighted by Gasteiger charge is -2.17. The van der Waals surface area contributed by atoms with Crippen LogP contribution in [0.15, 0.2) is 11.5 Å². The summed E-state index contributed by atoms with van der Waals surface area (Å²) >= 11 is 4.95. The normalized spacial score (nSPS) is 13.2. The van der Waals surface area contributed by atoms with Gasteiger partial charge < -0.3 is 20.8 Å². The van der Waals surface area contributed by atoms with Crippen molar-refractivity contribution in [1.29, 1.82) is 0 Å². The molecule has 0 spiro atoms. The Labute approximate surface area is 149 Å². The van der Waals surface area contributed by atoms with Crippen LogP contribution in [0.4, 0.5) is 0 Å². The molecule has 0 bridgehead atoms. The van der Waals surface area contributed by atoms with Crippen molar-refractivity contribution < 1.29 is 29.4 Å². The van der Waals surface area contributed by atoms with Gasteiger partial charge in [-0.25, -0.2) is 0 Å². The van der Waals surface area contributed by atoms with Crippen LogP contribution in [0.1, 0.15) is 19.8 Å². The Morgan fingerprint density at radius 1 is 1.21 bits per heavy atom. The lowest BCUT2D eigenvalue weighted by Crippen LogP contribution is -2.49. The average Bonchev–Trinajstić information content (AvgIpc) is 2.52. The van der Waals surface area contributed by atoms with Crippen LogP contribution in [-0.2, 0) is 19.2 Å². The molecule has 5 N–H and O–H groups in total. The van der Waals surface area contributed by atoms with Crippen molar-refractivity contribution in [2.45, 2.75) is 31.8 Å². The van der Waals surface area contributed by atoms with Crippen molar-refractivity contribution in [2.24, 2.45) is 0 Å². The number of nitrogens with one attached hydrogen (secondary N) is 3. The van der Waals surface area contributed by atoms with E-state index in [0.717, 1.165) is 0 Å². The topological polar surface area (TPSA) is 145 Å². The summed E-state index contributed by atoms with van der Waals surface area (Å²) in [6.07, 6.45) is 1.63. The smallest absolute Gasteiger partial charge is 0.322 e. The average molecular weight is 379 g/mol. The highest BCUT2D eigenvalue weighted by Crippen LogP contribution is 2.06. The van der Waals surface area contributed by atoms with Gasteiger partial charge in [0.2, 0.25) is 11.8 Å². The number of rotatable bonds is 12. The molecule has 0 aromatic rings. The van der Waals surface area contributed by atoms with E-state index in [1.807, 2.05) is 0 Å². The lowest BCUT2D eigenvalue weighted by molar-refractivity contribution is -0.139. The fourth-order valence-electron chi connectivity index (χ4n) is 1.50. The first kappa shape index (κ1) is 22.3. The molecule has 0 saturated heterocycles. The number of carbonyl (C=O) groups excluding carboxylic acids is 2. The summed E-state index contributed by atoms with van der Waals surface area (Å²) in [6.45, 7) is 1.24. The summed E-state index contributed by atoms with van der Waals surface area (Å²) in [5.41, 5.74) is 0. The second kappa shape index (κ2) is 12.7. The molecular weight excluding hydrogens is 358 g/mol. The first-order valence-electron chi connectivity index (χ1n) is 6.95. The van der Waals surface area contributed by atoms with Gasteiger partial charge in [-0.3, -0.25) is 23.9 Å². The van der Waals surface area contributed by atoms with E-state index in [1.165, 1.54) is 11.8 Å². The Morgan fingerprint density at radius 3 is 2.38 bits per heavy atom. The number of aliphatic carboxylic acids is 2. The van der Waals surface area contributed by atoms with Crippen LogP contribution in [-0.4, -0.2) is 58.3 Å². The molecule has 0 radical (unpaired) electrons. The highest BCUT2D eigenvalue weighted by molar-refractivity contribution is 8.02. The van der Waals surface area contributed by atoms with Gasteiger partial charge in [0, 0.05) is 12.2 Å². The number of allylic oxidation sites excluding steroid dienone is 1. The fourth-order valence-corrected chi connectivity index (χ4v) is 2.47. The van der Waals surface area contributed by atoms with Crippen LogP contribution in [0.3, 0.4) is 0 Å². The molecule has 0 heterocycles. The lowest BCUT2D eigenvalue weighted by atomic mass is 10.1. The number of amides is 2. The van der Waals surface area contributed by atoms with E-state index < -0.39 is 42.4 Å².